The van der Waals surface area contributed by atoms with Crippen LogP contribution in [-0.2, 0) is 9.53 Å². The number of hydrogen-bond acceptors (Lipinski definition) is 5. The number of hydrogen-bond donors (Lipinski definition) is 3. The van der Waals surface area contributed by atoms with E-state index in [1.807, 2.05) is 12.2 Å². The van der Waals surface area contributed by atoms with Crippen LogP contribution in [0, 0.1) is 6.92 Å². The molecule has 0 heterocycles. The average Bonchev–Trinajstić information content (AvgIpc) is 2.39. The maximum absolute atomic E-state index is 11.6. The van der Waals surface area contributed by atoms with Gasteiger partial charge in [-0.3, -0.25) is 10.1 Å². The molecule has 0 unspecified atom stereocenters. The summed E-state index contributed by atoms with van der Waals surface area (Å²) >= 11 is 0. The number of benzene rings is 1. The maximum atomic E-state index is 11.6. The van der Waals surface area contributed by atoms with Gasteiger partial charge in [0, 0.05) is 5.69 Å². The van der Waals surface area contributed by atoms with Crippen LogP contribution in [0.1, 0.15) is 22.8 Å². The standard InChI is InChI=1S/C13H17N3O4/c1-7-4-5-9(12(18)20-3)6-10(7)15-8(2)11(17)16-13(14)19/h4-6,8,15H,1-3H3,(H3,14,16,17,19)/t8-/m1/s1. The van der Waals surface area contributed by atoms with Gasteiger partial charge in [-0.05, 0) is 31.5 Å². The van der Waals surface area contributed by atoms with E-state index in [1.54, 1.807) is 25.1 Å². The number of amides is 3. The van der Waals surface area contributed by atoms with Gasteiger partial charge >= 0.3 is 12.0 Å². The number of nitrogens with one attached hydrogen (secondary N) is 2. The Bertz CT molecular complexity index is 542. The SMILES string of the molecule is COC(=O)c1ccc(C)c(N[C@H](C)C(=O)NC(N)=O)c1. The minimum Gasteiger partial charge on any atom is -0.465 e. The van der Waals surface area contributed by atoms with E-state index in [9.17, 15) is 14.4 Å². The van der Waals surface area contributed by atoms with Gasteiger partial charge in [-0.25, -0.2) is 9.59 Å². The number of methoxy groups -OCH3 is 1. The summed E-state index contributed by atoms with van der Waals surface area (Å²) in [6.45, 7) is 3.39. The summed E-state index contributed by atoms with van der Waals surface area (Å²) < 4.78 is 4.63. The molecule has 4 N–H and O–H groups in total. The van der Waals surface area contributed by atoms with E-state index in [-0.39, 0.29) is 0 Å². The number of ether oxygens (including phenoxy) is 1. The van der Waals surface area contributed by atoms with E-state index in [0.29, 0.717) is 11.3 Å². The largest absolute Gasteiger partial charge is 0.465 e. The highest BCUT2D eigenvalue weighted by Gasteiger charge is 2.16. The van der Waals surface area contributed by atoms with Crippen molar-refractivity contribution >= 4 is 23.6 Å². The minimum absolute atomic E-state index is 0.364. The highest BCUT2D eigenvalue weighted by atomic mass is 16.5. The van der Waals surface area contributed by atoms with Crippen molar-refractivity contribution in [3.63, 3.8) is 0 Å². The van der Waals surface area contributed by atoms with Gasteiger partial charge in [-0.2, -0.15) is 0 Å². The number of anilines is 1. The zero-order valence-electron chi connectivity index (χ0n) is 11.5. The molecule has 0 aromatic heterocycles. The lowest BCUT2D eigenvalue weighted by Gasteiger charge is -2.16. The second-order valence-electron chi connectivity index (χ2n) is 4.24. The Labute approximate surface area is 116 Å². The quantitative estimate of drug-likeness (QED) is 0.705. The summed E-state index contributed by atoms with van der Waals surface area (Å²) in [5.41, 5.74) is 6.68. The van der Waals surface area contributed by atoms with Crippen molar-refractivity contribution in [2.75, 3.05) is 12.4 Å². The molecule has 0 bridgehead atoms. The number of nitrogens with two attached hydrogens (primary N) is 1. The first-order valence-corrected chi connectivity index (χ1v) is 5.91. The molecule has 0 saturated heterocycles. The molecule has 1 aromatic rings. The van der Waals surface area contributed by atoms with Gasteiger partial charge in [0.15, 0.2) is 0 Å². The number of primary amides is 1. The molecular formula is C13H17N3O4. The molecule has 1 rings (SSSR count). The molecule has 108 valence electrons. The molecule has 1 aromatic carbocycles. The third-order valence-corrected chi connectivity index (χ3v) is 2.67. The summed E-state index contributed by atoms with van der Waals surface area (Å²) in [7, 11) is 1.29. The Kier molecular flexibility index (Phi) is 5.08. The first-order chi connectivity index (χ1) is 9.35. The van der Waals surface area contributed by atoms with Crippen LogP contribution in [-0.4, -0.2) is 31.1 Å². The number of aryl methyl sites for hydroxylation is 1. The fraction of sp³-hybridized carbons (Fsp3) is 0.308. The second kappa shape index (κ2) is 6.55. The van der Waals surface area contributed by atoms with E-state index in [2.05, 4.69) is 10.1 Å². The summed E-state index contributed by atoms with van der Waals surface area (Å²) in [4.78, 5) is 33.6. The van der Waals surface area contributed by atoms with E-state index in [0.717, 1.165) is 5.56 Å². The second-order valence-corrected chi connectivity index (χ2v) is 4.24. The van der Waals surface area contributed by atoms with Crippen molar-refractivity contribution in [1.82, 2.24) is 5.32 Å². The van der Waals surface area contributed by atoms with E-state index in [4.69, 9.17) is 5.73 Å². The Morgan fingerprint density at radius 1 is 1.30 bits per heavy atom. The fourth-order valence-corrected chi connectivity index (χ4v) is 1.55. The first kappa shape index (κ1) is 15.5. The molecule has 0 radical (unpaired) electrons. The lowest BCUT2D eigenvalue weighted by Crippen LogP contribution is -2.43. The van der Waals surface area contributed by atoms with Gasteiger partial charge in [0.1, 0.15) is 6.04 Å². The number of rotatable bonds is 4. The van der Waals surface area contributed by atoms with E-state index < -0.39 is 23.9 Å². The van der Waals surface area contributed by atoms with Crippen molar-refractivity contribution in [2.45, 2.75) is 19.9 Å². The molecule has 1 atom stereocenters. The van der Waals surface area contributed by atoms with Crippen LogP contribution < -0.4 is 16.4 Å². The zero-order chi connectivity index (χ0) is 15.3. The molecule has 3 amide bonds. The number of carbonyl (C=O) groups excluding carboxylic acids is 3. The van der Waals surface area contributed by atoms with Gasteiger partial charge < -0.3 is 15.8 Å². The lowest BCUT2D eigenvalue weighted by molar-refractivity contribution is -0.120. The summed E-state index contributed by atoms with van der Waals surface area (Å²) in [5.74, 6) is -1.03. The Balaban J connectivity index is 2.88. The van der Waals surface area contributed by atoms with E-state index in [1.165, 1.54) is 7.11 Å². The summed E-state index contributed by atoms with van der Waals surface area (Å²) in [6, 6.07) is 3.33. The third-order valence-electron chi connectivity index (χ3n) is 2.67. The van der Waals surface area contributed by atoms with Crippen LogP contribution in [0.5, 0.6) is 0 Å². The summed E-state index contributed by atoms with van der Waals surface area (Å²) in [6.07, 6.45) is 0. The number of carbonyl (C=O) groups is 3. The molecule has 0 aliphatic rings. The van der Waals surface area contributed by atoms with Crippen molar-refractivity contribution in [3.05, 3.63) is 29.3 Å². The predicted octanol–water partition coefficient (Wildman–Crippen LogP) is 0.777. The van der Waals surface area contributed by atoms with Crippen molar-refractivity contribution < 1.29 is 19.1 Å². The number of urea groups is 1. The molecular weight excluding hydrogens is 262 g/mol. The molecule has 0 aliphatic carbocycles. The van der Waals surface area contributed by atoms with Crippen LogP contribution in [0.25, 0.3) is 0 Å². The fourth-order valence-electron chi connectivity index (χ4n) is 1.55. The van der Waals surface area contributed by atoms with Gasteiger partial charge in [-0.15, -0.1) is 0 Å². The van der Waals surface area contributed by atoms with Gasteiger partial charge in [0.05, 0.1) is 12.7 Å². The highest BCUT2D eigenvalue weighted by molar-refractivity contribution is 5.97. The molecule has 20 heavy (non-hydrogen) atoms. The van der Waals surface area contributed by atoms with Crippen LogP contribution in [0.2, 0.25) is 0 Å². The van der Waals surface area contributed by atoms with Gasteiger partial charge in [0.2, 0.25) is 5.91 Å². The molecule has 7 nitrogen and oxygen atoms in total. The molecule has 0 saturated carbocycles. The Morgan fingerprint density at radius 2 is 1.95 bits per heavy atom. The Hall–Kier alpha value is -2.57. The molecule has 7 heteroatoms. The lowest BCUT2D eigenvalue weighted by atomic mass is 10.1. The monoisotopic (exact) mass is 279 g/mol. The highest BCUT2D eigenvalue weighted by Crippen LogP contribution is 2.18. The predicted molar refractivity (Wildman–Crippen MR) is 73.3 cm³/mol. The smallest absolute Gasteiger partial charge is 0.337 e. The third kappa shape index (κ3) is 3.98. The molecule has 0 fully saturated rings. The summed E-state index contributed by atoms with van der Waals surface area (Å²) in [5, 5.41) is 4.88. The Morgan fingerprint density at radius 3 is 2.50 bits per heavy atom. The first-order valence-electron chi connectivity index (χ1n) is 5.91. The molecule has 0 aliphatic heterocycles. The van der Waals surface area contributed by atoms with Crippen LogP contribution in [0.15, 0.2) is 18.2 Å². The molecule has 0 spiro atoms. The number of imide groups is 1. The normalized spacial score (nSPS) is 11.3. The van der Waals surface area contributed by atoms with Gasteiger partial charge in [0.25, 0.3) is 0 Å². The van der Waals surface area contributed by atoms with Crippen molar-refractivity contribution in [2.24, 2.45) is 5.73 Å². The van der Waals surface area contributed by atoms with Crippen molar-refractivity contribution in [1.29, 1.82) is 0 Å². The van der Waals surface area contributed by atoms with Crippen LogP contribution in [0.3, 0.4) is 0 Å². The topological polar surface area (TPSA) is 111 Å². The van der Waals surface area contributed by atoms with E-state index >= 15 is 0 Å². The zero-order valence-corrected chi connectivity index (χ0v) is 11.5. The van der Waals surface area contributed by atoms with Crippen LogP contribution >= 0.6 is 0 Å². The average molecular weight is 279 g/mol. The minimum atomic E-state index is -0.913. The van der Waals surface area contributed by atoms with Crippen molar-refractivity contribution in [3.8, 4) is 0 Å². The van der Waals surface area contributed by atoms with Gasteiger partial charge in [-0.1, -0.05) is 6.07 Å². The maximum Gasteiger partial charge on any atom is 0.337 e. The number of esters is 1. The van der Waals surface area contributed by atoms with Crippen LogP contribution in [0.4, 0.5) is 10.5 Å².